The second-order valence-electron chi connectivity index (χ2n) is 7.80. The molecule has 1 saturated heterocycles. The van der Waals surface area contributed by atoms with Crippen molar-refractivity contribution in [1.29, 1.82) is 0 Å². The average Bonchev–Trinajstić information content (AvgIpc) is 3.15. The van der Waals surface area contributed by atoms with E-state index >= 15 is 0 Å². The Hall–Kier alpha value is -3.25. The van der Waals surface area contributed by atoms with Crippen LogP contribution in [0.5, 0.6) is 0 Å². The molecule has 2 aromatic carbocycles. The van der Waals surface area contributed by atoms with E-state index in [1.54, 1.807) is 0 Å². The first-order chi connectivity index (χ1) is 15.2. The predicted molar refractivity (Wildman–Crippen MR) is 125 cm³/mol. The van der Waals surface area contributed by atoms with Crippen molar-refractivity contribution < 1.29 is 4.79 Å². The van der Waals surface area contributed by atoms with E-state index < -0.39 is 0 Å². The molecule has 5 rings (SSSR count). The zero-order valence-corrected chi connectivity index (χ0v) is 17.9. The van der Waals surface area contributed by atoms with Crippen LogP contribution in [-0.2, 0) is 6.54 Å². The lowest BCUT2D eigenvalue weighted by Gasteiger charge is -2.24. The van der Waals surface area contributed by atoms with Gasteiger partial charge in [0.15, 0.2) is 5.82 Å². The van der Waals surface area contributed by atoms with E-state index in [9.17, 15) is 4.79 Å². The molecule has 6 nitrogen and oxygen atoms in total. The van der Waals surface area contributed by atoms with Gasteiger partial charge in [-0.1, -0.05) is 41.9 Å². The zero-order chi connectivity index (χ0) is 21.2. The van der Waals surface area contributed by atoms with Crippen LogP contribution in [0.3, 0.4) is 0 Å². The first-order valence-electron chi connectivity index (χ1n) is 10.6. The molecule has 1 aliphatic rings. The Morgan fingerprint density at radius 2 is 1.84 bits per heavy atom. The average molecular weight is 434 g/mol. The Morgan fingerprint density at radius 3 is 2.71 bits per heavy atom. The molecular formula is C24H24ClN5O. The molecular weight excluding hydrogens is 410 g/mol. The molecule has 2 amide bonds. The lowest BCUT2D eigenvalue weighted by molar-refractivity contribution is 0.201. The number of carbonyl (C=O) groups excluding carboxylic acids is 1. The maximum absolute atomic E-state index is 12.7. The van der Waals surface area contributed by atoms with Gasteiger partial charge in [-0.05, 0) is 42.3 Å². The number of halogens is 1. The number of nitrogens with zero attached hydrogens (tertiary/aromatic N) is 4. The minimum atomic E-state index is -0.0169. The molecule has 1 fully saturated rings. The number of fused-ring (bicyclic) bond motifs is 3. The topological polar surface area (TPSA) is 52.9 Å². The van der Waals surface area contributed by atoms with E-state index in [0.717, 1.165) is 54.0 Å². The molecule has 158 valence electrons. The van der Waals surface area contributed by atoms with Crippen LogP contribution in [0.15, 0.2) is 66.9 Å². The molecule has 0 bridgehead atoms. The number of benzene rings is 2. The molecule has 0 saturated carbocycles. The second kappa shape index (κ2) is 8.47. The highest BCUT2D eigenvalue weighted by atomic mass is 35.5. The lowest BCUT2D eigenvalue weighted by Crippen LogP contribution is -2.41. The molecule has 7 heteroatoms. The van der Waals surface area contributed by atoms with Crippen molar-refractivity contribution >= 4 is 40.0 Å². The normalized spacial score (nSPS) is 14.7. The van der Waals surface area contributed by atoms with Crippen LogP contribution in [-0.4, -0.2) is 46.5 Å². The van der Waals surface area contributed by atoms with Crippen molar-refractivity contribution in [2.75, 3.05) is 31.1 Å². The number of nitrogens with one attached hydrogen (secondary N) is 1. The van der Waals surface area contributed by atoms with Crippen LogP contribution >= 0.6 is 11.6 Å². The van der Waals surface area contributed by atoms with Gasteiger partial charge in [0.2, 0.25) is 0 Å². The number of rotatable bonds is 3. The number of carbonyl (C=O) groups is 1. The summed E-state index contributed by atoms with van der Waals surface area (Å²) in [6, 6.07) is 19.9. The molecule has 1 aliphatic heterocycles. The van der Waals surface area contributed by atoms with Gasteiger partial charge in [-0.3, -0.25) is 0 Å². The molecule has 31 heavy (non-hydrogen) atoms. The Labute approximate surface area is 186 Å². The van der Waals surface area contributed by atoms with Crippen LogP contribution in [0.2, 0.25) is 5.02 Å². The van der Waals surface area contributed by atoms with Crippen LogP contribution in [0.4, 0.5) is 10.6 Å². The van der Waals surface area contributed by atoms with Crippen LogP contribution in [0.25, 0.3) is 16.6 Å². The third-order valence-electron chi connectivity index (χ3n) is 5.77. The maximum atomic E-state index is 12.7. The number of hydrogen-bond donors (Lipinski definition) is 1. The molecule has 0 radical (unpaired) electrons. The van der Waals surface area contributed by atoms with Gasteiger partial charge in [0, 0.05) is 43.9 Å². The number of amides is 2. The van der Waals surface area contributed by atoms with Gasteiger partial charge in [0.1, 0.15) is 0 Å². The summed E-state index contributed by atoms with van der Waals surface area (Å²) < 4.78 is 2.16. The van der Waals surface area contributed by atoms with Gasteiger partial charge in [0.25, 0.3) is 0 Å². The van der Waals surface area contributed by atoms with Gasteiger partial charge in [-0.15, -0.1) is 0 Å². The number of hydrogen-bond acceptors (Lipinski definition) is 3. The SMILES string of the molecule is O=C(NCc1ccccc1)N1CCCN(c2nc3cc(Cl)ccc3n3cccc23)CC1. The summed E-state index contributed by atoms with van der Waals surface area (Å²) in [5, 5.41) is 3.72. The van der Waals surface area contributed by atoms with Gasteiger partial charge >= 0.3 is 6.03 Å². The third-order valence-corrected chi connectivity index (χ3v) is 6.01. The summed E-state index contributed by atoms with van der Waals surface area (Å²) in [5.74, 6) is 0.936. The summed E-state index contributed by atoms with van der Waals surface area (Å²) in [6.07, 6.45) is 2.94. The second-order valence-corrected chi connectivity index (χ2v) is 8.24. The smallest absolute Gasteiger partial charge is 0.317 e. The van der Waals surface area contributed by atoms with Crippen molar-refractivity contribution in [2.24, 2.45) is 0 Å². The maximum Gasteiger partial charge on any atom is 0.317 e. The van der Waals surface area contributed by atoms with Crippen LogP contribution in [0.1, 0.15) is 12.0 Å². The van der Waals surface area contributed by atoms with Crippen molar-refractivity contribution in [3.63, 3.8) is 0 Å². The highest BCUT2D eigenvalue weighted by molar-refractivity contribution is 6.31. The summed E-state index contributed by atoms with van der Waals surface area (Å²) in [7, 11) is 0. The number of urea groups is 1. The van der Waals surface area contributed by atoms with Gasteiger partial charge in [-0.2, -0.15) is 0 Å². The molecule has 1 N–H and O–H groups in total. The fourth-order valence-corrected chi connectivity index (χ4v) is 4.35. The first kappa shape index (κ1) is 19.7. The van der Waals surface area contributed by atoms with Crippen LogP contribution < -0.4 is 10.2 Å². The fourth-order valence-electron chi connectivity index (χ4n) is 4.18. The van der Waals surface area contributed by atoms with Crippen molar-refractivity contribution in [3.05, 3.63) is 77.4 Å². The van der Waals surface area contributed by atoms with Gasteiger partial charge in [-0.25, -0.2) is 9.78 Å². The van der Waals surface area contributed by atoms with Crippen molar-refractivity contribution in [2.45, 2.75) is 13.0 Å². The Morgan fingerprint density at radius 1 is 0.968 bits per heavy atom. The highest BCUT2D eigenvalue weighted by Crippen LogP contribution is 2.27. The minimum absolute atomic E-state index is 0.0169. The van der Waals surface area contributed by atoms with Gasteiger partial charge < -0.3 is 19.5 Å². The predicted octanol–water partition coefficient (Wildman–Crippen LogP) is 4.56. The summed E-state index contributed by atoms with van der Waals surface area (Å²) >= 11 is 6.22. The van der Waals surface area contributed by atoms with E-state index in [1.807, 2.05) is 59.5 Å². The molecule has 0 unspecified atom stereocenters. The summed E-state index contributed by atoms with van der Waals surface area (Å²) in [6.45, 7) is 3.51. The first-order valence-corrected chi connectivity index (χ1v) is 10.9. The number of anilines is 1. The number of aromatic nitrogens is 2. The third kappa shape index (κ3) is 4.03. The van der Waals surface area contributed by atoms with Crippen LogP contribution in [0, 0.1) is 0 Å². The molecule has 3 heterocycles. The Bertz CT molecular complexity index is 1220. The lowest BCUT2D eigenvalue weighted by atomic mass is 10.2. The zero-order valence-electron chi connectivity index (χ0n) is 17.2. The quantitative estimate of drug-likeness (QED) is 0.515. The molecule has 0 spiro atoms. The standard InChI is InChI=1S/C24H24ClN5O/c25-19-9-10-21-20(16-19)27-23(22-8-4-13-30(21)22)28-11-5-12-29(15-14-28)24(31)26-17-18-6-2-1-3-7-18/h1-4,6-10,13,16H,5,11-12,14-15,17H2,(H,26,31). The van der Waals surface area contributed by atoms with E-state index in [0.29, 0.717) is 18.1 Å². The van der Waals surface area contributed by atoms with Gasteiger partial charge in [0.05, 0.1) is 16.6 Å². The molecule has 4 aromatic rings. The Kier molecular flexibility index (Phi) is 5.38. The van der Waals surface area contributed by atoms with E-state index in [2.05, 4.69) is 26.9 Å². The molecule has 0 aliphatic carbocycles. The monoisotopic (exact) mass is 433 g/mol. The van der Waals surface area contributed by atoms with E-state index in [1.165, 1.54) is 0 Å². The van der Waals surface area contributed by atoms with E-state index in [4.69, 9.17) is 16.6 Å². The largest absolute Gasteiger partial charge is 0.353 e. The van der Waals surface area contributed by atoms with Crippen molar-refractivity contribution in [1.82, 2.24) is 19.6 Å². The fraction of sp³-hybridized carbons (Fsp3) is 0.250. The highest BCUT2D eigenvalue weighted by Gasteiger charge is 2.22. The minimum Gasteiger partial charge on any atom is -0.353 e. The summed E-state index contributed by atoms with van der Waals surface area (Å²) in [5.41, 5.74) is 4.07. The Balaban J connectivity index is 1.34. The summed E-state index contributed by atoms with van der Waals surface area (Å²) in [4.78, 5) is 21.8. The molecule has 0 atom stereocenters. The molecule has 2 aromatic heterocycles. The van der Waals surface area contributed by atoms with E-state index in [-0.39, 0.29) is 6.03 Å². The van der Waals surface area contributed by atoms with Crippen molar-refractivity contribution in [3.8, 4) is 0 Å².